The fraction of sp³-hybridized carbons (Fsp3) is 0.300. The molecule has 6 heteroatoms. The summed E-state index contributed by atoms with van der Waals surface area (Å²) in [6.07, 6.45) is 9.03. The van der Waals surface area contributed by atoms with E-state index in [0.717, 1.165) is 31.6 Å². The van der Waals surface area contributed by atoms with Crippen LogP contribution in [0.1, 0.15) is 46.5 Å². The highest BCUT2D eigenvalue weighted by Gasteiger charge is 2.29. The lowest BCUT2D eigenvalue weighted by atomic mass is 9.98. The minimum Gasteiger partial charge on any atom is -0.445 e. The Morgan fingerprint density at radius 2 is 2.04 bits per heavy atom. The molecule has 1 atom stereocenters. The predicted octanol–water partition coefficient (Wildman–Crippen LogP) is 3.08. The molecule has 0 N–H and O–H groups in total. The topological polar surface area (TPSA) is 72.1 Å². The van der Waals surface area contributed by atoms with Crippen LogP contribution in [0.2, 0.25) is 0 Å². The molecule has 6 nitrogen and oxygen atoms in total. The first kappa shape index (κ1) is 16.4. The van der Waals surface area contributed by atoms with E-state index < -0.39 is 0 Å². The molecule has 0 aliphatic carbocycles. The minimum absolute atomic E-state index is 0.0844. The molecule has 1 amide bonds. The van der Waals surface area contributed by atoms with Gasteiger partial charge in [0.15, 0.2) is 5.89 Å². The van der Waals surface area contributed by atoms with Crippen LogP contribution in [0.3, 0.4) is 0 Å². The fourth-order valence-electron chi connectivity index (χ4n) is 3.32. The number of hydrogen-bond acceptors (Lipinski definition) is 5. The van der Waals surface area contributed by atoms with Gasteiger partial charge in [0.05, 0.1) is 18.3 Å². The molecule has 4 rings (SSSR count). The van der Waals surface area contributed by atoms with Gasteiger partial charge < -0.3 is 9.32 Å². The number of oxazole rings is 1. The maximum atomic E-state index is 12.6. The lowest BCUT2D eigenvalue weighted by Gasteiger charge is -2.30. The molecule has 3 heterocycles. The second-order valence-corrected chi connectivity index (χ2v) is 6.51. The first-order valence-electron chi connectivity index (χ1n) is 8.83. The van der Waals surface area contributed by atoms with Gasteiger partial charge in [-0.2, -0.15) is 0 Å². The summed E-state index contributed by atoms with van der Waals surface area (Å²) < 4.78 is 5.98. The molecule has 0 saturated carbocycles. The highest BCUT2D eigenvalue weighted by molar-refractivity contribution is 5.92. The minimum atomic E-state index is -0.0844. The van der Waals surface area contributed by atoms with Gasteiger partial charge in [-0.1, -0.05) is 30.3 Å². The molecular formula is C20H20N4O2. The number of carbonyl (C=O) groups excluding carboxylic acids is 1. The van der Waals surface area contributed by atoms with E-state index in [4.69, 9.17) is 4.42 Å². The van der Waals surface area contributed by atoms with Gasteiger partial charge in [-0.25, -0.2) is 9.97 Å². The molecule has 0 radical (unpaired) electrons. The Balaban J connectivity index is 1.44. The Labute approximate surface area is 151 Å². The van der Waals surface area contributed by atoms with E-state index in [2.05, 4.69) is 27.1 Å². The first-order valence-corrected chi connectivity index (χ1v) is 8.83. The van der Waals surface area contributed by atoms with Gasteiger partial charge in [0, 0.05) is 31.9 Å². The second-order valence-electron chi connectivity index (χ2n) is 6.51. The standard InChI is InChI=1S/C20H20N4O2/c25-20(18-13-21-8-9-22-18)24-10-4-7-16(14-24)19-23-12-17(26-19)11-15-5-2-1-3-6-15/h1-3,5-6,8-9,12-13,16H,4,7,10-11,14H2/t16-/m1/s1. The van der Waals surface area contributed by atoms with Gasteiger partial charge in [0.25, 0.3) is 5.91 Å². The summed E-state index contributed by atoms with van der Waals surface area (Å²) in [7, 11) is 0. The average Bonchev–Trinajstić information content (AvgIpc) is 3.17. The molecule has 0 bridgehead atoms. The van der Waals surface area contributed by atoms with Crippen molar-refractivity contribution in [3.63, 3.8) is 0 Å². The Hall–Kier alpha value is -3.02. The van der Waals surface area contributed by atoms with Crippen molar-refractivity contribution in [1.82, 2.24) is 19.9 Å². The monoisotopic (exact) mass is 348 g/mol. The number of likely N-dealkylation sites (tertiary alicyclic amines) is 1. The molecular weight excluding hydrogens is 328 g/mol. The number of rotatable bonds is 4. The van der Waals surface area contributed by atoms with Crippen LogP contribution in [0, 0.1) is 0 Å². The van der Waals surface area contributed by atoms with E-state index >= 15 is 0 Å². The molecule has 132 valence electrons. The lowest BCUT2D eigenvalue weighted by molar-refractivity contribution is 0.0691. The fourth-order valence-corrected chi connectivity index (χ4v) is 3.32. The van der Waals surface area contributed by atoms with Crippen molar-refractivity contribution in [2.75, 3.05) is 13.1 Å². The van der Waals surface area contributed by atoms with Gasteiger partial charge in [0.2, 0.25) is 0 Å². The van der Waals surface area contributed by atoms with Crippen molar-refractivity contribution in [1.29, 1.82) is 0 Å². The summed E-state index contributed by atoms with van der Waals surface area (Å²) in [6, 6.07) is 10.2. The number of benzene rings is 1. The van der Waals surface area contributed by atoms with Gasteiger partial charge in [-0.15, -0.1) is 0 Å². The molecule has 26 heavy (non-hydrogen) atoms. The maximum Gasteiger partial charge on any atom is 0.274 e. The molecule has 1 saturated heterocycles. The van der Waals surface area contributed by atoms with Gasteiger partial charge in [0.1, 0.15) is 11.5 Å². The van der Waals surface area contributed by atoms with E-state index in [0.29, 0.717) is 18.1 Å². The van der Waals surface area contributed by atoms with Crippen molar-refractivity contribution >= 4 is 5.91 Å². The molecule has 2 aromatic heterocycles. The van der Waals surface area contributed by atoms with Crippen molar-refractivity contribution in [2.24, 2.45) is 0 Å². The number of piperidine rings is 1. The normalized spacial score (nSPS) is 17.2. The second kappa shape index (κ2) is 7.47. The third kappa shape index (κ3) is 3.64. The van der Waals surface area contributed by atoms with E-state index in [1.807, 2.05) is 23.1 Å². The van der Waals surface area contributed by atoms with Crippen LogP contribution in [-0.2, 0) is 6.42 Å². The lowest BCUT2D eigenvalue weighted by Crippen LogP contribution is -2.39. The smallest absolute Gasteiger partial charge is 0.274 e. The summed E-state index contributed by atoms with van der Waals surface area (Å²) >= 11 is 0. The Morgan fingerprint density at radius 3 is 2.85 bits per heavy atom. The summed E-state index contributed by atoms with van der Waals surface area (Å²) in [6.45, 7) is 1.32. The van der Waals surface area contributed by atoms with Gasteiger partial charge >= 0.3 is 0 Å². The highest BCUT2D eigenvalue weighted by atomic mass is 16.4. The summed E-state index contributed by atoms with van der Waals surface area (Å²) in [5, 5.41) is 0. The summed E-state index contributed by atoms with van der Waals surface area (Å²) in [5.41, 5.74) is 1.57. The largest absolute Gasteiger partial charge is 0.445 e. The molecule has 1 aliphatic heterocycles. The van der Waals surface area contributed by atoms with Crippen molar-refractivity contribution in [3.05, 3.63) is 78.0 Å². The van der Waals surface area contributed by atoms with Gasteiger partial charge in [-0.05, 0) is 18.4 Å². The van der Waals surface area contributed by atoms with E-state index in [-0.39, 0.29) is 11.8 Å². The average molecular weight is 348 g/mol. The maximum absolute atomic E-state index is 12.6. The Morgan fingerprint density at radius 1 is 1.15 bits per heavy atom. The SMILES string of the molecule is O=C(c1cnccn1)N1CCC[C@@H](c2ncc(Cc3ccccc3)o2)C1. The number of carbonyl (C=O) groups is 1. The van der Waals surface area contributed by atoms with E-state index in [1.54, 1.807) is 18.6 Å². The first-order chi connectivity index (χ1) is 12.8. The third-order valence-electron chi connectivity index (χ3n) is 4.63. The van der Waals surface area contributed by atoms with Gasteiger partial charge in [-0.3, -0.25) is 9.78 Å². The van der Waals surface area contributed by atoms with Crippen LogP contribution in [0.4, 0.5) is 0 Å². The molecule has 1 aliphatic rings. The summed E-state index contributed by atoms with van der Waals surface area (Å²) in [4.78, 5) is 27.0. The number of hydrogen-bond donors (Lipinski definition) is 0. The van der Waals surface area contributed by atoms with E-state index in [1.165, 1.54) is 11.8 Å². The van der Waals surface area contributed by atoms with Crippen molar-refractivity contribution < 1.29 is 9.21 Å². The predicted molar refractivity (Wildman–Crippen MR) is 95.7 cm³/mol. The van der Waals surface area contributed by atoms with Crippen LogP contribution >= 0.6 is 0 Å². The van der Waals surface area contributed by atoms with Crippen molar-refractivity contribution in [2.45, 2.75) is 25.2 Å². The van der Waals surface area contributed by atoms with Crippen LogP contribution in [0.5, 0.6) is 0 Å². The van der Waals surface area contributed by atoms with Crippen LogP contribution in [-0.4, -0.2) is 38.8 Å². The third-order valence-corrected chi connectivity index (χ3v) is 4.63. The zero-order chi connectivity index (χ0) is 17.8. The zero-order valence-corrected chi connectivity index (χ0v) is 14.4. The summed E-state index contributed by atoms with van der Waals surface area (Å²) in [5.74, 6) is 1.60. The Kier molecular flexibility index (Phi) is 4.73. The molecule has 1 aromatic carbocycles. The molecule has 0 spiro atoms. The molecule has 3 aromatic rings. The highest BCUT2D eigenvalue weighted by Crippen LogP contribution is 2.27. The number of amides is 1. The van der Waals surface area contributed by atoms with Crippen molar-refractivity contribution in [3.8, 4) is 0 Å². The van der Waals surface area contributed by atoms with Crippen LogP contribution in [0.15, 0.2) is 59.5 Å². The molecule has 1 fully saturated rings. The number of nitrogens with zero attached hydrogens (tertiary/aromatic N) is 4. The van der Waals surface area contributed by atoms with Crippen LogP contribution in [0.25, 0.3) is 0 Å². The van der Waals surface area contributed by atoms with E-state index in [9.17, 15) is 4.79 Å². The van der Waals surface area contributed by atoms with Crippen LogP contribution < -0.4 is 0 Å². The number of aromatic nitrogens is 3. The zero-order valence-electron chi connectivity index (χ0n) is 14.4. The Bertz CT molecular complexity index is 864. The quantitative estimate of drug-likeness (QED) is 0.724. The molecule has 0 unspecified atom stereocenters.